The number of rotatable bonds is 3. The van der Waals surface area contributed by atoms with Crippen LogP contribution in [0.15, 0.2) is 58.5 Å². The highest BCUT2D eigenvalue weighted by molar-refractivity contribution is 7.99. The maximum Gasteiger partial charge on any atom is 0.283 e. The first kappa shape index (κ1) is 15.0. The van der Waals surface area contributed by atoms with Gasteiger partial charge in [-0.3, -0.25) is 9.36 Å². The molecule has 0 fully saturated rings. The fourth-order valence-electron chi connectivity index (χ4n) is 3.00. The molecule has 4 rings (SSSR count). The lowest BCUT2D eigenvalue weighted by Crippen LogP contribution is -2.22. The zero-order chi connectivity index (χ0) is 16.7. The second-order valence-corrected chi connectivity index (χ2v) is 6.88. The summed E-state index contributed by atoms with van der Waals surface area (Å²) in [5.74, 6) is 0.853. The van der Waals surface area contributed by atoms with E-state index < -0.39 is 0 Å². The number of aryl methyl sites for hydroxylation is 1. The minimum atomic E-state index is -0.0542. The third-order valence-electron chi connectivity index (χ3n) is 4.12. The van der Waals surface area contributed by atoms with Crippen molar-refractivity contribution in [3.63, 3.8) is 0 Å². The van der Waals surface area contributed by atoms with Gasteiger partial charge < -0.3 is 4.98 Å². The molecule has 4 aromatic rings. The summed E-state index contributed by atoms with van der Waals surface area (Å²) >= 11 is 1.58. The van der Waals surface area contributed by atoms with Crippen LogP contribution in [0.3, 0.4) is 0 Å². The van der Waals surface area contributed by atoms with Gasteiger partial charge in [-0.2, -0.15) is 0 Å². The van der Waals surface area contributed by atoms with Crippen molar-refractivity contribution in [1.82, 2.24) is 14.5 Å². The van der Waals surface area contributed by atoms with Gasteiger partial charge in [-0.15, -0.1) is 0 Å². The summed E-state index contributed by atoms with van der Waals surface area (Å²) in [6, 6.07) is 15.8. The lowest BCUT2D eigenvalue weighted by atomic mass is 10.2. The van der Waals surface area contributed by atoms with E-state index in [1.54, 1.807) is 16.3 Å². The summed E-state index contributed by atoms with van der Waals surface area (Å²) in [5.41, 5.74) is 4.12. The van der Waals surface area contributed by atoms with Crippen LogP contribution >= 0.6 is 11.8 Å². The van der Waals surface area contributed by atoms with Gasteiger partial charge in [0.05, 0.1) is 5.69 Å². The highest BCUT2D eigenvalue weighted by Crippen LogP contribution is 2.26. The standard InChI is InChI=1S/C19H17N3OS/c1-3-24-19-21-16-13-9-5-6-10-14(13)20-17(16)18(23)22(19)15-11-7-4-8-12(15)2/h4-11,20H,3H2,1-2H3. The molecule has 0 aliphatic carbocycles. The average molecular weight is 335 g/mol. The zero-order valence-electron chi connectivity index (χ0n) is 13.5. The Labute approximate surface area is 143 Å². The normalized spacial score (nSPS) is 11.4. The lowest BCUT2D eigenvalue weighted by molar-refractivity contribution is 0.814. The van der Waals surface area contributed by atoms with Crippen LogP contribution in [0, 0.1) is 6.92 Å². The molecular formula is C19H17N3OS. The third kappa shape index (κ3) is 2.24. The van der Waals surface area contributed by atoms with Crippen molar-refractivity contribution in [2.45, 2.75) is 19.0 Å². The van der Waals surface area contributed by atoms with Crippen molar-refractivity contribution in [3.8, 4) is 5.69 Å². The molecular weight excluding hydrogens is 318 g/mol. The van der Waals surface area contributed by atoms with Gasteiger partial charge in [-0.1, -0.05) is 55.1 Å². The van der Waals surface area contributed by atoms with E-state index in [4.69, 9.17) is 4.98 Å². The van der Waals surface area contributed by atoms with Crippen molar-refractivity contribution in [1.29, 1.82) is 0 Å². The van der Waals surface area contributed by atoms with Crippen LogP contribution in [-0.4, -0.2) is 20.3 Å². The lowest BCUT2D eigenvalue weighted by Gasteiger charge is -2.13. The van der Waals surface area contributed by atoms with Crippen LogP contribution in [-0.2, 0) is 0 Å². The van der Waals surface area contributed by atoms with E-state index in [1.165, 1.54) is 0 Å². The van der Waals surface area contributed by atoms with E-state index in [9.17, 15) is 4.79 Å². The molecule has 0 saturated carbocycles. The molecule has 0 aliphatic heterocycles. The van der Waals surface area contributed by atoms with Crippen LogP contribution in [0.25, 0.3) is 27.6 Å². The fraction of sp³-hybridized carbons (Fsp3) is 0.158. The molecule has 24 heavy (non-hydrogen) atoms. The minimum absolute atomic E-state index is 0.0542. The molecule has 2 aromatic carbocycles. The number of hydrogen-bond acceptors (Lipinski definition) is 3. The van der Waals surface area contributed by atoms with Crippen molar-refractivity contribution in [3.05, 3.63) is 64.4 Å². The maximum absolute atomic E-state index is 13.2. The molecule has 120 valence electrons. The molecule has 2 aromatic heterocycles. The molecule has 0 saturated heterocycles. The highest BCUT2D eigenvalue weighted by atomic mass is 32.2. The second kappa shape index (κ2) is 5.83. The van der Waals surface area contributed by atoms with E-state index in [2.05, 4.69) is 11.9 Å². The minimum Gasteiger partial charge on any atom is -0.349 e. The van der Waals surface area contributed by atoms with E-state index in [0.29, 0.717) is 5.52 Å². The van der Waals surface area contributed by atoms with E-state index >= 15 is 0 Å². The molecule has 0 spiro atoms. The molecule has 2 heterocycles. The second-order valence-electron chi connectivity index (χ2n) is 5.65. The number of aromatic nitrogens is 3. The summed E-state index contributed by atoms with van der Waals surface area (Å²) in [4.78, 5) is 21.3. The van der Waals surface area contributed by atoms with Crippen molar-refractivity contribution < 1.29 is 0 Å². The van der Waals surface area contributed by atoms with Crippen LogP contribution in [0.2, 0.25) is 0 Å². The SMILES string of the molecule is CCSc1nc2c([nH]c3ccccc32)c(=O)n1-c1ccccc1C. The Morgan fingerprint density at radius 1 is 1.12 bits per heavy atom. The average Bonchev–Trinajstić information content (AvgIpc) is 2.96. The highest BCUT2D eigenvalue weighted by Gasteiger charge is 2.17. The van der Waals surface area contributed by atoms with E-state index in [-0.39, 0.29) is 5.56 Å². The molecule has 0 unspecified atom stereocenters. The van der Waals surface area contributed by atoms with Crippen LogP contribution in [0.4, 0.5) is 0 Å². The Morgan fingerprint density at radius 3 is 2.67 bits per heavy atom. The Bertz CT molecular complexity index is 1110. The van der Waals surface area contributed by atoms with E-state index in [1.807, 2.05) is 55.5 Å². The Balaban J connectivity index is 2.14. The van der Waals surface area contributed by atoms with Gasteiger partial charge in [0, 0.05) is 10.9 Å². The molecule has 0 bridgehead atoms. The van der Waals surface area contributed by atoms with Gasteiger partial charge >= 0.3 is 0 Å². The summed E-state index contributed by atoms with van der Waals surface area (Å²) in [5, 5.41) is 1.72. The smallest absolute Gasteiger partial charge is 0.283 e. The topological polar surface area (TPSA) is 50.7 Å². The van der Waals surface area contributed by atoms with Crippen molar-refractivity contribution in [2.75, 3.05) is 5.75 Å². The van der Waals surface area contributed by atoms with Gasteiger partial charge in [0.15, 0.2) is 5.16 Å². The Morgan fingerprint density at radius 2 is 1.88 bits per heavy atom. The molecule has 1 N–H and O–H groups in total. The number of thioether (sulfide) groups is 1. The predicted octanol–water partition coefficient (Wildman–Crippen LogP) is 4.29. The Hall–Kier alpha value is -2.53. The summed E-state index contributed by atoms with van der Waals surface area (Å²) in [7, 11) is 0. The third-order valence-corrected chi connectivity index (χ3v) is 4.94. The number of benzene rings is 2. The molecule has 4 nitrogen and oxygen atoms in total. The molecule has 0 aliphatic rings. The quantitative estimate of drug-likeness (QED) is 0.449. The number of fused-ring (bicyclic) bond motifs is 3. The first-order valence-corrected chi connectivity index (χ1v) is 8.91. The van der Waals surface area contributed by atoms with Crippen LogP contribution < -0.4 is 5.56 Å². The largest absolute Gasteiger partial charge is 0.349 e. The molecule has 0 radical (unpaired) electrons. The fourth-order valence-corrected chi connectivity index (χ4v) is 3.72. The van der Waals surface area contributed by atoms with Gasteiger partial charge in [-0.05, 0) is 30.4 Å². The first-order valence-electron chi connectivity index (χ1n) is 7.93. The first-order chi connectivity index (χ1) is 11.7. The van der Waals surface area contributed by atoms with Gasteiger partial charge in [0.2, 0.25) is 0 Å². The summed E-state index contributed by atoms with van der Waals surface area (Å²) in [6.45, 7) is 4.08. The van der Waals surface area contributed by atoms with Crippen LogP contribution in [0.1, 0.15) is 12.5 Å². The monoisotopic (exact) mass is 335 g/mol. The predicted molar refractivity (Wildman–Crippen MR) is 100 cm³/mol. The number of para-hydroxylation sites is 2. The summed E-state index contributed by atoms with van der Waals surface area (Å²) in [6.07, 6.45) is 0. The van der Waals surface area contributed by atoms with Crippen LogP contribution in [0.5, 0.6) is 0 Å². The number of nitrogens with one attached hydrogen (secondary N) is 1. The van der Waals surface area contributed by atoms with Gasteiger partial charge in [-0.25, -0.2) is 4.98 Å². The summed E-state index contributed by atoms with van der Waals surface area (Å²) < 4.78 is 1.72. The van der Waals surface area contributed by atoms with Gasteiger partial charge in [0.25, 0.3) is 5.56 Å². The number of hydrogen-bond donors (Lipinski definition) is 1. The molecule has 5 heteroatoms. The molecule has 0 amide bonds. The number of H-pyrrole nitrogens is 1. The van der Waals surface area contributed by atoms with E-state index in [0.717, 1.165) is 38.6 Å². The Kier molecular flexibility index (Phi) is 3.65. The van der Waals surface area contributed by atoms with Gasteiger partial charge in [0.1, 0.15) is 11.0 Å². The number of nitrogens with zero attached hydrogens (tertiary/aromatic N) is 2. The molecule has 0 atom stereocenters. The zero-order valence-corrected chi connectivity index (χ0v) is 14.4. The van der Waals surface area contributed by atoms with Crippen molar-refractivity contribution >= 4 is 33.7 Å². The van der Waals surface area contributed by atoms with Crippen molar-refractivity contribution in [2.24, 2.45) is 0 Å². The number of aromatic amines is 1. The maximum atomic E-state index is 13.2.